The highest BCUT2D eigenvalue weighted by molar-refractivity contribution is 7.99. The largest absolute Gasteiger partial charge is 0.271 e. The van der Waals surface area contributed by atoms with E-state index in [9.17, 15) is 0 Å². The van der Waals surface area contributed by atoms with Crippen LogP contribution in [0.15, 0.2) is 53.4 Å². The van der Waals surface area contributed by atoms with Crippen molar-refractivity contribution < 1.29 is 0 Å². The Balaban J connectivity index is 1.94. The van der Waals surface area contributed by atoms with Gasteiger partial charge in [0.15, 0.2) is 0 Å². The number of thioether (sulfide) groups is 1. The van der Waals surface area contributed by atoms with Crippen molar-refractivity contribution in [1.29, 1.82) is 0 Å². The van der Waals surface area contributed by atoms with Crippen LogP contribution in [0.2, 0.25) is 5.02 Å². The van der Waals surface area contributed by atoms with Crippen LogP contribution in [0.1, 0.15) is 11.1 Å². The van der Waals surface area contributed by atoms with Gasteiger partial charge < -0.3 is 0 Å². The average molecular weight is 307 g/mol. The van der Waals surface area contributed by atoms with Gasteiger partial charge in [-0.05, 0) is 42.7 Å². The van der Waals surface area contributed by atoms with Gasteiger partial charge in [-0.3, -0.25) is 11.3 Å². The minimum Gasteiger partial charge on any atom is -0.271 e. The smallest absolute Gasteiger partial charge is 0.0408 e. The average Bonchev–Trinajstić information content (AvgIpc) is 2.45. The Bertz CT molecular complexity index is 560. The molecule has 1 unspecified atom stereocenters. The van der Waals surface area contributed by atoms with Gasteiger partial charge in [0.1, 0.15) is 0 Å². The molecule has 3 N–H and O–H groups in total. The number of rotatable bonds is 6. The number of nitrogens with two attached hydrogens (primary N) is 1. The second-order valence-electron chi connectivity index (χ2n) is 4.77. The summed E-state index contributed by atoms with van der Waals surface area (Å²) in [6, 6.07) is 16.5. The van der Waals surface area contributed by atoms with Crippen molar-refractivity contribution in [3.05, 3.63) is 64.7 Å². The standard InChI is InChI=1S/C16H19ClN2S/c1-12-5-2-3-8-16(12)20-11-15(19-18)10-13-6-4-7-14(17)9-13/h2-9,15,19H,10-11,18H2,1H3. The van der Waals surface area contributed by atoms with Gasteiger partial charge in [-0.1, -0.05) is 41.9 Å². The lowest BCUT2D eigenvalue weighted by molar-refractivity contribution is 0.575. The third kappa shape index (κ3) is 4.53. The predicted molar refractivity (Wildman–Crippen MR) is 88.2 cm³/mol. The lowest BCUT2D eigenvalue weighted by atomic mass is 10.1. The molecule has 0 bridgehead atoms. The molecule has 4 heteroatoms. The van der Waals surface area contributed by atoms with Crippen molar-refractivity contribution in [1.82, 2.24) is 5.43 Å². The number of hydrogen-bond donors (Lipinski definition) is 2. The summed E-state index contributed by atoms with van der Waals surface area (Å²) in [5, 5.41) is 0.768. The zero-order valence-electron chi connectivity index (χ0n) is 11.5. The molecule has 0 aliphatic heterocycles. The van der Waals surface area contributed by atoms with Gasteiger partial charge in [0.05, 0.1) is 0 Å². The fraction of sp³-hybridized carbons (Fsp3) is 0.250. The van der Waals surface area contributed by atoms with E-state index >= 15 is 0 Å². The van der Waals surface area contributed by atoms with Gasteiger partial charge in [0.2, 0.25) is 0 Å². The van der Waals surface area contributed by atoms with Crippen LogP contribution >= 0.6 is 23.4 Å². The summed E-state index contributed by atoms with van der Waals surface area (Å²) in [6.07, 6.45) is 0.871. The zero-order chi connectivity index (χ0) is 14.4. The fourth-order valence-corrected chi connectivity index (χ4v) is 3.30. The van der Waals surface area contributed by atoms with Gasteiger partial charge in [0, 0.05) is 21.7 Å². The van der Waals surface area contributed by atoms with Crippen LogP contribution in [0.4, 0.5) is 0 Å². The summed E-state index contributed by atoms with van der Waals surface area (Å²) >= 11 is 7.84. The second-order valence-corrected chi connectivity index (χ2v) is 6.27. The van der Waals surface area contributed by atoms with Crippen molar-refractivity contribution in [3.8, 4) is 0 Å². The molecule has 2 nitrogen and oxygen atoms in total. The van der Waals surface area contributed by atoms with E-state index in [1.54, 1.807) is 0 Å². The molecule has 0 aromatic heterocycles. The Morgan fingerprint density at radius 2 is 2.00 bits per heavy atom. The molecule has 0 saturated carbocycles. The highest BCUT2D eigenvalue weighted by Crippen LogP contribution is 2.23. The van der Waals surface area contributed by atoms with Crippen molar-refractivity contribution in [2.24, 2.45) is 5.84 Å². The Morgan fingerprint density at radius 3 is 2.70 bits per heavy atom. The molecular formula is C16H19ClN2S. The first-order valence-electron chi connectivity index (χ1n) is 6.58. The minimum atomic E-state index is 0.220. The number of halogens is 1. The van der Waals surface area contributed by atoms with E-state index in [1.165, 1.54) is 16.0 Å². The summed E-state index contributed by atoms with van der Waals surface area (Å²) in [7, 11) is 0. The first-order chi connectivity index (χ1) is 9.69. The monoisotopic (exact) mass is 306 g/mol. The van der Waals surface area contributed by atoms with E-state index in [0.29, 0.717) is 0 Å². The first-order valence-corrected chi connectivity index (χ1v) is 7.94. The summed E-state index contributed by atoms with van der Waals surface area (Å²) in [5.74, 6) is 6.59. The van der Waals surface area contributed by atoms with E-state index in [2.05, 4.69) is 42.7 Å². The quantitative estimate of drug-likeness (QED) is 0.484. The predicted octanol–water partition coefficient (Wildman–Crippen LogP) is 3.82. The van der Waals surface area contributed by atoms with Crippen molar-refractivity contribution in [3.63, 3.8) is 0 Å². The van der Waals surface area contributed by atoms with Crippen LogP contribution in [0, 0.1) is 6.92 Å². The maximum atomic E-state index is 6.01. The molecule has 2 aromatic rings. The first kappa shape index (κ1) is 15.4. The Morgan fingerprint density at radius 1 is 1.20 bits per heavy atom. The van der Waals surface area contributed by atoms with E-state index in [1.807, 2.05) is 30.0 Å². The number of benzene rings is 2. The molecule has 20 heavy (non-hydrogen) atoms. The molecule has 1 atom stereocenters. The third-order valence-corrected chi connectivity index (χ3v) is 4.71. The van der Waals surface area contributed by atoms with Gasteiger partial charge in [-0.2, -0.15) is 0 Å². The van der Waals surface area contributed by atoms with E-state index < -0.39 is 0 Å². The Labute approximate surface area is 129 Å². The third-order valence-electron chi connectivity index (χ3n) is 3.14. The molecule has 0 radical (unpaired) electrons. The topological polar surface area (TPSA) is 38.0 Å². The minimum absolute atomic E-state index is 0.220. The van der Waals surface area contributed by atoms with Gasteiger partial charge in [0.25, 0.3) is 0 Å². The second kappa shape index (κ2) is 7.70. The zero-order valence-corrected chi connectivity index (χ0v) is 13.0. The van der Waals surface area contributed by atoms with Crippen molar-refractivity contribution in [2.45, 2.75) is 24.3 Å². The molecule has 0 aliphatic carbocycles. The molecule has 0 heterocycles. The highest BCUT2D eigenvalue weighted by atomic mass is 35.5. The molecule has 106 valence electrons. The Kier molecular flexibility index (Phi) is 5.92. The van der Waals surface area contributed by atoms with E-state index in [4.69, 9.17) is 17.4 Å². The van der Waals surface area contributed by atoms with Gasteiger partial charge >= 0.3 is 0 Å². The lowest BCUT2D eigenvalue weighted by Crippen LogP contribution is -2.38. The normalized spacial score (nSPS) is 12.3. The van der Waals surface area contributed by atoms with Crippen molar-refractivity contribution >= 4 is 23.4 Å². The van der Waals surface area contributed by atoms with Crippen LogP contribution in [0.25, 0.3) is 0 Å². The van der Waals surface area contributed by atoms with E-state index in [-0.39, 0.29) is 6.04 Å². The molecule has 0 aliphatic rings. The number of aryl methyl sites for hydroxylation is 1. The maximum absolute atomic E-state index is 6.01. The summed E-state index contributed by atoms with van der Waals surface area (Å²) in [4.78, 5) is 1.30. The van der Waals surface area contributed by atoms with Crippen LogP contribution < -0.4 is 11.3 Å². The summed E-state index contributed by atoms with van der Waals surface area (Å²) in [5.41, 5.74) is 5.40. The molecule has 0 spiro atoms. The van der Waals surface area contributed by atoms with Crippen LogP contribution in [-0.4, -0.2) is 11.8 Å². The molecular weight excluding hydrogens is 288 g/mol. The fourth-order valence-electron chi connectivity index (χ4n) is 2.02. The molecule has 0 fully saturated rings. The lowest BCUT2D eigenvalue weighted by Gasteiger charge is -2.16. The number of hydrazine groups is 1. The van der Waals surface area contributed by atoms with Gasteiger partial charge in [-0.15, -0.1) is 11.8 Å². The van der Waals surface area contributed by atoms with Crippen LogP contribution in [0.5, 0.6) is 0 Å². The van der Waals surface area contributed by atoms with Crippen molar-refractivity contribution in [2.75, 3.05) is 5.75 Å². The Hall–Kier alpha value is -1.00. The molecule has 0 amide bonds. The number of hydrogen-bond acceptors (Lipinski definition) is 3. The molecule has 2 aromatic carbocycles. The van der Waals surface area contributed by atoms with E-state index in [0.717, 1.165) is 17.2 Å². The number of nitrogens with one attached hydrogen (secondary N) is 1. The summed E-state index contributed by atoms with van der Waals surface area (Å²) in [6.45, 7) is 2.13. The molecule has 2 rings (SSSR count). The van der Waals surface area contributed by atoms with Crippen LogP contribution in [-0.2, 0) is 6.42 Å². The maximum Gasteiger partial charge on any atom is 0.0408 e. The highest BCUT2D eigenvalue weighted by Gasteiger charge is 2.09. The van der Waals surface area contributed by atoms with Crippen LogP contribution in [0.3, 0.4) is 0 Å². The SMILES string of the molecule is Cc1ccccc1SCC(Cc1cccc(Cl)c1)NN. The summed E-state index contributed by atoms with van der Waals surface area (Å²) < 4.78 is 0. The molecule has 0 saturated heterocycles. The van der Waals surface area contributed by atoms with Gasteiger partial charge in [-0.25, -0.2) is 0 Å².